The number of nitrogens with zero attached hydrogens (tertiary/aromatic N) is 2. The van der Waals surface area contributed by atoms with E-state index in [1.165, 1.54) is 10.4 Å². The van der Waals surface area contributed by atoms with Crippen LogP contribution in [0.5, 0.6) is 11.5 Å². The van der Waals surface area contributed by atoms with Crippen LogP contribution in [-0.4, -0.2) is 35.5 Å². The maximum absolute atomic E-state index is 12.6. The zero-order chi connectivity index (χ0) is 21.2. The minimum absolute atomic E-state index is 0.125. The lowest BCUT2D eigenvalue weighted by Crippen LogP contribution is -2.29. The normalized spacial score (nSPS) is 15.4. The van der Waals surface area contributed by atoms with Gasteiger partial charge in [-0.1, -0.05) is 41.9 Å². The van der Waals surface area contributed by atoms with Gasteiger partial charge in [0.1, 0.15) is 13.2 Å². The first-order chi connectivity index (χ1) is 15.1. The van der Waals surface area contributed by atoms with E-state index in [9.17, 15) is 4.79 Å². The number of anilines is 1. The zero-order valence-electron chi connectivity index (χ0n) is 16.9. The van der Waals surface area contributed by atoms with Gasteiger partial charge in [0.25, 0.3) is 0 Å². The van der Waals surface area contributed by atoms with Crippen molar-refractivity contribution in [3.05, 3.63) is 69.2 Å². The van der Waals surface area contributed by atoms with E-state index >= 15 is 0 Å². The molecule has 31 heavy (non-hydrogen) atoms. The van der Waals surface area contributed by atoms with Gasteiger partial charge >= 0.3 is 0 Å². The molecule has 2 aliphatic heterocycles. The quantitative estimate of drug-likeness (QED) is 0.621. The summed E-state index contributed by atoms with van der Waals surface area (Å²) >= 11 is 7.84. The summed E-state index contributed by atoms with van der Waals surface area (Å²) in [6.45, 7) is 3.70. The molecule has 0 unspecified atom stereocenters. The Labute approximate surface area is 189 Å². The molecular formula is C23H22ClN3O3S. The summed E-state index contributed by atoms with van der Waals surface area (Å²) in [6.07, 6.45) is 1.09. The third-order valence-corrected chi connectivity index (χ3v) is 6.61. The third kappa shape index (κ3) is 4.69. The number of hydrogen-bond acceptors (Lipinski definition) is 6. The van der Waals surface area contributed by atoms with E-state index in [0.717, 1.165) is 37.3 Å². The van der Waals surface area contributed by atoms with Crippen LogP contribution in [0.4, 0.5) is 5.13 Å². The van der Waals surface area contributed by atoms with Crippen molar-refractivity contribution < 1.29 is 14.3 Å². The Hall–Kier alpha value is -2.61. The third-order valence-electron chi connectivity index (χ3n) is 5.33. The van der Waals surface area contributed by atoms with E-state index < -0.39 is 0 Å². The highest BCUT2D eigenvalue weighted by Crippen LogP contribution is 2.38. The van der Waals surface area contributed by atoms with Crippen LogP contribution >= 0.6 is 22.9 Å². The number of nitrogens with one attached hydrogen (secondary N) is 1. The molecule has 0 spiro atoms. The van der Waals surface area contributed by atoms with Crippen LogP contribution in [0.15, 0.2) is 42.5 Å². The van der Waals surface area contributed by atoms with Gasteiger partial charge in [-0.25, -0.2) is 4.98 Å². The van der Waals surface area contributed by atoms with Crippen LogP contribution in [0.2, 0.25) is 5.02 Å². The van der Waals surface area contributed by atoms with E-state index in [-0.39, 0.29) is 12.3 Å². The fourth-order valence-corrected chi connectivity index (χ4v) is 5.25. The second-order valence-electron chi connectivity index (χ2n) is 7.66. The molecule has 3 aromatic rings. The molecule has 1 N–H and O–H groups in total. The van der Waals surface area contributed by atoms with Crippen molar-refractivity contribution in [2.75, 3.05) is 25.1 Å². The van der Waals surface area contributed by atoms with Crippen molar-refractivity contribution in [3.8, 4) is 11.5 Å². The van der Waals surface area contributed by atoms with Crippen molar-refractivity contribution in [2.45, 2.75) is 25.9 Å². The Bertz CT molecular complexity index is 1100. The highest BCUT2D eigenvalue weighted by atomic mass is 35.5. The number of carbonyl (C=O) groups excluding carboxylic acids is 1. The molecule has 5 rings (SSSR count). The monoisotopic (exact) mass is 455 g/mol. The van der Waals surface area contributed by atoms with Crippen LogP contribution in [0.25, 0.3) is 0 Å². The van der Waals surface area contributed by atoms with Gasteiger partial charge in [0.05, 0.1) is 17.1 Å². The van der Waals surface area contributed by atoms with Gasteiger partial charge < -0.3 is 14.8 Å². The molecule has 2 aromatic carbocycles. The molecule has 0 saturated heterocycles. The van der Waals surface area contributed by atoms with Crippen molar-refractivity contribution in [3.63, 3.8) is 0 Å². The molecule has 160 valence electrons. The second-order valence-corrected chi connectivity index (χ2v) is 9.15. The number of thiazole rings is 1. The van der Waals surface area contributed by atoms with Crippen molar-refractivity contribution >= 4 is 34.0 Å². The van der Waals surface area contributed by atoms with Gasteiger partial charge in [-0.2, -0.15) is 0 Å². The summed E-state index contributed by atoms with van der Waals surface area (Å²) in [5.74, 6) is 1.01. The predicted molar refractivity (Wildman–Crippen MR) is 121 cm³/mol. The van der Waals surface area contributed by atoms with E-state index in [2.05, 4.69) is 39.5 Å². The molecule has 1 aromatic heterocycles. The number of amides is 1. The van der Waals surface area contributed by atoms with Crippen molar-refractivity contribution in [1.29, 1.82) is 0 Å². The number of carbonyl (C=O) groups is 1. The number of halogens is 1. The maximum atomic E-state index is 12.6. The molecule has 8 heteroatoms. The summed E-state index contributed by atoms with van der Waals surface area (Å²) in [4.78, 5) is 20.9. The molecular weight excluding hydrogens is 434 g/mol. The van der Waals surface area contributed by atoms with Gasteiger partial charge in [-0.3, -0.25) is 9.69 Å². The first-order valence-corrected chi connectivity index (χ1v) is 11.5. The van der Waals surface area contributed by atoms with E-state index in [0.29, 0.717) is 34.9 Å². The molecule has 1 amide bonds. The summed E-state index contributed by atoms with van der Waals surface area (Å²) in [5, 5.41) is 4.06. The number of ether oxygens (including phenoxy) is 2. The average Bonchev–Trinajstić information content (AvgIpc) is 3.16. The van der Waals surface area contributed by atoms with E-state index in [1.807, 2.05) is 12.1 Å². The van der Waals surface area contributed by atoms with Gasteiger partial charge in [-0.15, -0.1) is 11.3 Å². The molecule has 0 aliphatic carbocycles. The van der Waals surface area contributed by atoms with Crippen molar-refractivity contribution in [2.24, 2.45) is 0 Å². The second kappa shape index (κ2) is 8.86. The summed E-state index contributed by atoms with van der Waals surface area (Å²) < 4.78 is 11.1. The Kier molecular flexibility index (Phi) is 5.80. The van der Waals surface area contributed by atoms with E-state index in [4.69, 9.17) is 21.1 Å². The molecule has 0 fully saturated rings. The minimum Gasteiger partial charge on any atom is -0.486 e. The SMILES string of the molecule is O=C(Cc1cc(Cl)c2c(c1)OCCO2)Nc1nc2c(s1)CN(Cc1ccccc1)CC2. The molecule has 0 radical (unpaired) electrons. The lowest BCUT2D eigenvalue weighted by atomic mass is 10.1. The van der Waals surface area contributed by atoms with Crippen LogP contribution in [0.1, 0.15) is 21.7 Å². The van der Waals surface area contributed by atoms with Crippen LogP contribution in [0.3, 0.4) is 0 Å². The highest BCUT2D eigenvalue weighted by molar-refractivity contribution is 7.15. The summed E-state index contributed by atoms with van der Waals surface area (Å²) in [5.41, 5.74) is 3.18. The zero-order valence-corrected chi connectivity index (χ0v) is 18.5. The van der Waals surface area contributed by atoms with Gasteiger partial charge in [-0.05, 0) is 23.3 Å². The van der Waals surface area contributed by atoms with Gasteiger partial charge in [0.15, 0.2) is 16.6 Å². The molecule has 2 aliphatic rings. The standard InChI is InChI=1S/C23H22ClN3O3S/c24-17-10-16(11-19-22(17)30-9-8-29-19)12-21(28)26-23-25-18-6-7-27(14-20(18)31-23)13-15-4-2-1-3-5-15/h1-5,10-11H,6-9,12-14H2,(H,25,26,28). The largest absolute Gasteiger partial charge is 0.486 e. The van der Waals surface area contributed by atoms with Crippen LogP contribution in [0, 0.1) is 0 Å². The highest BCUT2D eigenvalue weighted by Gasteiger charge is 2.22. The lowest BCUT2D eigenvalue weighted by Gasteiger charge is -2.25. The molecule has 6 nitrogen and oxygen atoms in total. The number of benzene rings is 2. The topological polar surface area (TPSA) is 63.7 Å². The average molecular weight is 456 g/mol. The number of rotatable bonds is 5. The number of hydrogen-bond donors (Lipinski definition) is 1. The van der Waals surface area contributed by atoms with Gasteiger partial charge in [0.2, 0.25) is 5.91 Å². The Balaban J connectivity index is 1.22. The fourth-order valence-electron chi connectivity index (χ4n) is 3.89. The Morgan fingerprint density at radius 2 is 2.00 bits per heavy atom. The molecule has 0 atom stereocenters. The smallest absolute Gasteiger partial charge is 0.230 e. The predicted octanol–water partition coefficient (Wildman–Crippen LogP) is 4.31. The summed E-state index contributed by atoms with van der Waals surface area (Å²) in [6, 6.07) is 14.0. The minimum atomic E-state index is -0.125. The van der Waals surface area contributed by atoms with Crippen molar-refractivity contribution in [1.82, 2.24) is 9.88 Å². The molecule has 0 bridgehead atoms. The lowest BCUT2D eigenvalue weighted by molar-refractivity contribution is -0.115. The number of aromatic nitrogens is 1. The molecule has 3 heterocycles. The Morgan fingerprint density at radius 1 is 1.16 bits per heavy atom. The first-order valence-electron chi connectivity index (χ1n) is 10.3. The first kappa shape index (κ1) is 20.3. The Morgan fingerprint density at radius 3 is 2.87 bits per heavy atom. The summed E-state index contributed by atoms with van der Waals surface area (Å²) in [7, 11) is 0. The fraction of sp³-hybridized carbons (Fsp3) is 0.304. The van der Waals surface area contributed by atoms with Crippen LogP contribution in [-0.2, 0) is 30.7 Å². The van der Waals surface area contributed by atoms with Gasteiger partial charge in [0, 0.05) is 30.9 Å². The van der Waals surface area contributed by atoms with E-state index in [1.54, 1.807) is 17.4 Å². The maximum Gasteiger partial charge on any atom is 0.230 e. The molecule has 0 saturated carbocycles. The van der Waals surface area contributed by atoms with Crippen LogP contribution < -0.4 is 14.8 Å². The number of fused-ring (bicyclic) bond motifs is 2.